The van der Waals surface area contributed by atoms with Crippen molar-refractivity contribution in [2.24, 2.45) is 0 Å². The van der Waals surface area contributed by atoms with Crippen LogP contribution in [0.5, 0.6) is 5.75 Å². The molecular weight excluding hydrogens is 348 g/mol. The summed E-state index contributed by atoms with van der Waals surface area (Å²) in [7, 11) is 1.58. The van der Waals surface area contributed by atoms with Crippen LogP contribution >= 0.6 is 15.9 Å². The monoisotopic (exact) mass is 362 g/mol. The Kier molecular flexibility index (Phi) is 3.61. The van der Waals surface area contributed by atoms with Gasteiger partial charge in [-0.1, -0.05) is 0 Å². The fraction of sp³-hybridized carbons (Fsp3) is 0.214. The summed E-state index contributed by atoms with van der Waals surface area (Å²) in [6, 6.07) is 1.92. The number of hydrogen-bond donors (Lipinski definition) is 2. The number of aromatic nitrogens is 4. The second kappa shape index (κ2) is 5.45. The van der Waals surface area contributed by atoms with Crippen molar-refractivity contribution in [1.82, 2.24) is 19.5 Å². The number of hydrogen-bond acceptors (Lipinski definition) is 6. The first-order valence-corrected chi connectivity index (χ1v) is 7.36. The second-order valence-corrected chi connectivity index (χ2v) is 5.62. The molecule has 0 fully saturated rings. The van der Waals surface area contributed by atoms with Gasteiger partial charge in [0, 0.05) is 18.0 Å². The van der Waals surface area contributed by atoms with E-state index in [1.807, 2.05) is 23.8 Å². The van der Waals surface area contributed by atoms with Gasteiger partial charge in [-0.15, -0.1) is 0 Å². The molecule has 3 rings (SSSR count). The summed E-state index contributed by atoms with van der Waals surface area (Å²) < 4.78 is 7.92. The quantitative estimate of drug-likeness (QED) is 0.691. The highest BCUT2D eigenvalue weighted by Gasteiger charge is 2.13. The molecule has 0 bridgehead atoms. The number of nitrogens with zero attached hydrogens (tertiary/aromatic N) is 4. The van der Waals surface area contributed by atoms with Crippen molar-refractivity contribution in [3.05, 3.63) is 34.3 Å². The van der Waals surface area contributed by atoms with Crippen LogP contribution in [0.25, 0.3) is 11.0 Å². The van der Waals surface area contributed by atoms with E-state index in [-0.39, 0.29) is 5.95 Å². The molecule has 0 aromatic carbocycles. The number of ether oxygens (including phenoxy) is 1. The van der Waals surface area contributed by atoms with Crippen LogP contribution in [0.15, 0.2) is 23.1 Å². The first kappa shape index (κ1) is 14.6. The molecule has 7 nitrogen and oxygen atoms in total. The van der Waals surface area contributed by atoms with E-state index in [0.29, 0.717) is 22.6 Å². The summed E-state index contributed by atoms with van der Waals surface area (Å²) in [5.41, 5.74) is 14.8. The van der Waals surface area contributed by atoms with Crippen LogP contribution in [0.1, 0.15) is 11.3 Å². The molecule has 0 amide bonds. The standard InChI is InChI=1S/C14H15BrN6O/c1-7-11(22-2)10(16)8(5-18-7)6-21-4-3-9-12(15)19-14(17)20-13(9)21/h3-5H,6H2,1-2H3,(H2,16,18)(H2,17,19,20). The minimum absolute atomic E-state index is 0.215. The molecule has 0 spiro atoms. The Bertz CT molecular complexity index is 860. The van der Waals surface area contributed by atoms with Crippen LogP contribution in [0, 0.1) is 6.92 Å². The lowest BCUT2D eigenvalue weighted by molar-refractivity contribution is 0.411. The fourth-order valence-corrected chi connectivity index (χ4v) is 2.87. The van der Waals surface area contributed by atoms with Gasteiger partial charge in [0.05, 0.1) is 30.4 Å². The maximum atomic E-state index is 6.17. The Morgan fingerprint density at radius 1 is 1.32 bits per heavy atom. The van der Waals surface area contributed by atoms with Crippen molar-refractivity contribution in [2.75, 3.05) is 18.6 Å². The summed E-state index contributed by atoms with van der Waals surface area (Å²) in [6.45, 7) is 2.37. The molecule has 3 aromatic heterocycles. The van der Waals surface area contributed by atoms with Crippen LogP contribution in [-0.2, 0) is 6.54 Å². The Labute approximate surface area is 135 Å². The summed E-state index contributed by atoms with van der Waals surface area (Å²) in [5, 5.41) is 0.889. The second-order valence-electron chi connectivity index (χ2n) is 4.87. The third kappa shape index (κ3) is 2.35. The van der Waals surface area contributed by atoms with Gasteiger partial charge in [-0.2, -0.15) is 4.98 Å². The molecule has 0 saturated carbocycles. The maximum Gasteiger partial charge on any atom is 0.223 e. The third-order valence-electron chi connectivity index (χ3n) is 3.47. The highest BCUT2D eigenvalue weighted by atomic mass is 79.9. The Balaban J connectivity index is 2.08. The van der Waals surface area contributed by atoms with E-state index < -0.39 is 0 Å². The molecule has 8 heteroatoms. The molecule has 22 heavy (non-hydrogen) atoms. The zero-order chi connectivity index (χ0) is 15.9. The van der Waals surface area contributed by atoms with Gasteiger partial charge in [-0.05, 0) is 28.9 Å². The van der Waals surface area contributed by atoms with Gasteiger partial charge in [-0.25, -0.2) is 4.98 Å². The van der Waals surface area contributed by atoms with E-state index in [1.54, 1.807) is 13.3 Å². The number of pyridine rings is 1. The Morgan fingerprint density at radius 3 is 2.82 bits per heavy atom. The topological polar surface area (TPSA) is 105 Å². The van der Waals surface area contributed by atoms with Gasteiger partial charge < -0.3 is 20.8 Å². The zero-order valence-electron chi connectivity index (χ0n) is 12.2. The molecule has 0 saturated heterocycles. The maximum absolute atomic E-state index is 6.17. The number of aryl methyl sites for hydroxylation is 1. The zero-order valence-corrected chi connectivity index (χ0v) is 13.8. The fourth-order valence-electron chi connectivity index (χ4n) is 2.38. The summed E-state index contributed by atoms with van der Waals surface area (Å²) in [4.78, 5) is 12.7. The van der Waals surface area contributed by atoms with Gasteiger partial charge in [0.1, 0.15) is 10.3 Å². The van der Waals surface area contributed by atoms with Crippen molar-refractivity contribution in [3.8, 4) is 5.75 Å². The lowest BCUT2D eigenvalue weighted by atomic mass is 10.2. The molecule has 0 aliphatic rings. The number of halogens is 1. The van der Waals surface area contributed by atoms with E-state index in [4.69, 9.17) is 16.2 Å². The molecular formula is C14H15BrN6O. The highest BCUT2D eigenvalue weighted by Crippen LogP contribution is 2.29. The van der Waals surface area contributed by atoms with Crippen LogP contribution in [0.4, 0.5) is 11.6 Å². The van der Waals surface area contributed by atoms with Gasteiger partial charge in [-0.3, -0.25) is 4.98 Å². The first-order chi connectivity index (χ1) is 10.5. The highest BCUT2D eigenvalue weighted by molar-refractivity contribution is 9.10. The van der Waals surface area contributed by atoms with Crippen molar-refractivity contribution in [2.45, 2.75) is 13.5 Å². The van der Waals surface area contributed by atoms with Gasteiger partial charge in [0.25, 0.3) is 0 Å². The minimum atomic E-state index is 0.215. The van der Waals surface area contributed by atoms with Crippen molar-refractivity contribution in [1.29, 1.82) is 0 Å². The molecule has 3 aromatic rings. The minimum Gasteiger partial charge on any atom is -0.493 e. The number of nitrogens with two attached hydrogens (primary N) is 2. The average molecular weight is 363 g/mol. The van der Waals surface area contributed by atoms with E-state index in [9.17, 15) is 0 Å². The van der Waals surface area contributed by atoms with Crippen LogP contribution in [0.2, 0.25) is 0 Å². The van der Waals surface area contributed by atoms with Crippen LogP contribution in [-0.4, -0.2) is 26.6 Å². The predicted octanol–water partition coefficient (Wildman–Crippen LogP) is 2.12. The van der Waals surface area contributed by atoms with Crippen molar-refractivity contribution >= 4 is 38.6 Å². The lowest BCUT2D eigenvalue weighted by Crippen LogP contribution is -2.07. The smallest absolute Gasteiger partial charge is 0.223 e. The van der Waals surface area contributed by atoms with Crippen LogP contribution < -0.4 is 16.2 Å². The summed E-state index contributed by atoms with van der Waals surface area (Å²) in [6.07, 6.45) is 3.66. The van der Waals surface area contributed by atoms with Gasteiger partial charge in [0.15, 0.2) is 5.75 Å². The number of fused-ring (bicyclic) bond motifs is 1. The molecule has 0 aliphatic carbocycles. The van der Waals surface area contributed by atoms with E-state index in [1.165, 1.54) is 0 Å². The normalized spacial score (nSPS) is 11.0. The number of anilines is 2. The summed E-state index contributed by atoms with van der Waals surface area (Å²) >= 11 is 3.39. The predicted molar refractivity (Wildman–Crippen MR) is 88.7 cm³/mol. The van der Waals surface area contributed by atoms with Crippen molar-refractivity contribution < 1.29 is 4.74 Å². The molecule has 3 heterocycles. The first-order valence-electron chi connectivity index (χ1n) is 6.57. The number of rotatable bonds is 3. The largest absolute Gasteiger partial charge is 0.493 e. The van der Waals surface area contributed by atoms with Gasteiger partial charge >= 0.3 is 0 Å². The molecule has 0 atom stereocenters. The van der Waals surface area contributed by atoms with E-state index in [0.717, 1.165) is 22.3 Å². The number of methoxy groups -OCH3 is 1. The Morgan fingerprint density at radius 2 is 2.09 bits per heavy atom. The molecule has 0 unspecified atom stereocenters. The number of nitrogen functional groups attached to an aromatic ring is 2. The summed E-state index contributed by atoms with van der Waals surface area (Å²) in [5.74, 6) is 0.816. The van der Waals surface area contributed by atoms with Gasteiger partial charge in [0.2, 0.25) is 5.95 Å². The third-order valence-corrected chi connectivity index (χ3v) is 4.07. The Hall–Kier alpha value is -2.35. The molecule has 0 radical (unpaired) electrons. The lowest BCUT2D eigenvalue weighted by Gasteiger charge is -2.13. The average Bonchev–Trinajstić information content (AvgIpc) is 2.86. The van der Waals surface area contributed by atoms with E-state index >= 15 is 0 Å². The molecule has 0 aliphatic heterocycles. The van der Waals surface area contributed by atoms with E-state index in [2.05, 4.69) is 30.9 Å². The molecule has 114 valence electrons. The van der Waals surface area contributed by atoms with Crippen molar-refractivity contribution in [3.63, 3.8) is 0 Å². The molecule has 4 N–H and O–H groups in total. The SMILES string of the molecule is COc1c(C)ncc(Cn2ccc3c(Br)nc(N)nc32)c1N. The van der Waals surface area contributed by atoms with Crippen LogP contribution in [0.3, 0.4) is 0 Å².